The molecule has 2 rings (SSSR count). The summed E-state index contributed by atoms with van der Waals surface area (Å²) in [6.07, 6.45) is 2.57. The van der Waals surface area contributed by atoms with Crippen molar-refractivity contribution < 1.29 is 9.84 Å². The fourth-order valence-corrected chi connectivity index (χ4v) is 2.50. The van der Waals surface area contributed by atoms with Crippen LogP contribution >= 0.6 is 0 Å². The monoisotopic (exact) mass is 246 g/mol. The van der Waals surface area contributed by atoms with E-state index < -0.39 is 0 Å². The summed E-state index contributed by atoms with van der Waals surface area (Å²) in [5.41, 5.74) is 2.00. The zero-order valence-electron chi connectivity index (χ0n) is 11.1. The third-order valence-corrected chi connectivity index (χ3v) is 4.01. The van der Waals surface area contributed by atoms with E-state index in [1.54, 1.807) is 0 Å². The normalized spacial score (nSPS) is 28.3. The molecule has 18 heavy (non-hydrogen) atoms. The SMILES string of the molecule is C=C1CCC[C@@H](O)[C@]1(C)COCc1ccccc1. The average molecular weight is 246 g/mol. The number of hydrogen-bond acceptors (Lipinski definition) is 2. The van der Waals surface area contributed by atoms with Crippen LogP contribution in [-0.4, -0.2) is 17.8 Å². The van der Waals surface area contributed by atoms with Crippen LogP contribution in [0.4, 0.5) is 0 Å². The second kappa shape index (κ2) is 5.68. The molecule has 98 valence electrons. The van der Waals surface area contributed by atoms with E-state index in [1.165, 1.54) is 0 Å². The summed E-state index contributed by atoms with van der Waals surface area (Å²) in [5.74, 6) is 0. The molecule has 1 aliphatic rings. The molecular weight excluding hydrogens is 224 g/mol. The second-order valence-corrected chi connectivity index (χ2v) is 5.41. The molecule has 0 radical (unpaired) electrons. The molecule has 0 unspecified atom stereocenters. The molecule has 0 saturated heterocycles. The highest BCUT2D eigenvalue weighted by Gasteiger charge is 2.38. The van der Waals surface area contributed by atoms with Gasteiger partial charge in [0, 0.05) is 5.41 Å². The first-order valence-corrected chi connectivity index (χ1v) is 6.61. The molecule has 0 aromatic heterocycles. The van der Waals surface area contributed by atoms with Crippen molar-refractivity contribution >= 4 is 0 Å². The summed E-state index contributed by atoms with van der Waals surface area (Å²) in [5, 5.41) is 10.2. The quantitative estimate of drug-likeness (QED) is 0.826. The van der Waals surface area contributed by atoms with Gasteiger partial charge < -0.3 is 9.84 Å². The van der Waals surface area contributed by atoms with E-state index in [4.69, 9.17) is 4.74 Å². The number of aliphatic hydroxyl groups is 1. The van der Waals surface area contributed by atoms with Gasteiger partial charge in [-0.2, -0.15) is 0 Å². The van der Waals surface area contributed by atoms with Crippen molar-refractivity contribution in [1.82, 2.24) is 0 Å². The Morgan fingerprint density at radius 2 is 2.11 bits per heavy atom. The maximum absolute atomic E-state index is 10.2. The fourth-order valence-electron chi connectivity index (χ4n) is 2.50. The van der Waals surface area contributed by atoms with Gasteiger partial charge in [-0.15, -0.1) is 0 Å². The van der Waals surface area contributed by atoms with Crippen LogP contribution in [0.1, 0.15) is 31.7 Å². The minimum atomic E-state index is -0.325. The van der Waals surface area contributed by atoms with Crippen LogP contribution in [0.25, 0.3) is 0 Å². The van der Waals surface area contributed by atoms with Crippen molar-refractivity contribution in [2.24, 2.45) is 5.41 Å². The van der Waals surface area contributed by atoms with E-state index in [2.05, 4.69) is 25.6 Å². The standard InChI is InChI=1S/C16H22O2/c1-13-7-6-10-15(17)16(13,2)12-18-11-14-8-4-3-5-9-14/h3-5,8-9,15,17H,1,6-7,10-12H2,2H3/t15-,16-/m1/s1. The molecule has 2 nitrogen and oxygen atoms in total. The number of aliphatic hydroxyl groups excluding tert-OH is 1. The number of ether oxygens (including phenoxy) is 1. The van der Waals surface area contributed by atoms with Crippen LogP contribution in [-0.2, 0) is 11.3 Å². The smallest absolute Gasteiger partial charge is 0.0717 e. The maximum Gasteiger partial charge on any atom is 0.0717 e. The molecule has 0 bridgehead atoms. The third-order valence-electron chi connectivity index (χ3n) is 4.01. The first-order valence-electron chi connectivity index (χ1n) is 6.61. The summed E-state index contributed by atoms with van der Waals surface area (Å²) in [7, 11) is 0. The largest absolute Gasteiger partial charge is 0.392 e. The van der Waals surface area contributed by atoms with E-state index in [-0.39, 0.29) is 11.5 Å². The molecule has 1 aliphatic carbocycles. The zero-order chi connectivity index (χ0) is 13.0. The average Bonchev–Trinajstić information content (AvgIpc) is 2.38. The van der Waals surface area contributed by atoms with E-state index >= 15 is 0 Å². The first-order chi connectivity index (χ1) is 8.63. The molecular formula is C16H22O2. The van der Waals surface area contributed by atoms with E-state index in [1.807, 2.05) is 18.2 Å². The van der Waals surface area contributed by atoms with Gasteiger partial charge in [0.25, 0.3) is 0 Å². The number of hydrogen-bond donors (Lipinski definition) is 1. The lowest BCUT2D eigenvalue weighted by atomic mass is 9.71. The highest BCUT2D eigenvalue weighted by Crippen LogP contribution is 2.40. The molecule has 2 atom stereocenters. The lowest BCUT2D eigenvalue weighted by Gasteiger charge is -2.40. The summed E-state index contributed by atoms with van der Waals surface area (Å²) >= 11 is 0. The van der Waals surface area contributed by atoms with E-state index in [0.29, 0.717) is 13.2 Å². The van der Waals surface area contributed by atoms with Gasteiger partial charge in [-0.3, -0.25) is 0 Å². The number of rotatable bonds is 4. The van der Waals surface area contributed by atoms with Gasteiger partial charge in [-0.25, -0.2) is 0 Å². The van der Waals surface area contributed by atoms with Gasteiger partial charge in [0.05, 0.1) is 19.3 Å². The lowest BCUT2D eigenvalue weighted by molar-refractivity contribution is -0.0333. The summed E-state index contributed by atoms with van der Waals surface area (Å²) in [4.78, 5) is 0. The van der Waals surface area contributed by atoms with Gasteiger partial charge in [0.2, 0.25) is 0 Å². The molecule has 0 amide bonds. The zero-order valence-corrected chi connectivity index (χ0v) is 11.1. The molecule has 1 fully saturated rings. The highest BCUT2D eigenvalue weighted by atomic mass is 16.5. The predicted octanol–water partition coefficient (Wildman–Crippen LogP) is 3.31. The number of benzene rings is 1. The second-order valence-electron chi connectivity index (χ2n) is 5.41. The van der Waals surface area contributed by atoms with Crippen LogP contribution in [0.5, 0.6) is 0 Å². The van der Waals surface area contributed by atoms with Crippen molar-refractivity contribution in [3.8, 4) is 0 Å². The van der Waals surface area contributed by atoms with E-state index in [0.717, 1.165) is 30.4 Å². The van der Waals surface area contributed by atoms with Crippen LogP contribution in [0.2, 0.25) is 0 Å². The highest BCUT2D eigenvalue weighted by molar-refractivity contribution is 5.16. The van der Waals surface area contributed by atoms with Gasteiger partial charge in [-0.05, 0) is 24.8 Å². The molecule has 1 N–H and O–H groups in total. The minimum Gasteiger partial charge on any atom is -0.392 e. The summed E-state index contributed by atoms with van der Waals surface area (Å²) < 4.78 is 5.78. The van der Waals surface area contributed by atoms with E-state index in [9.17, 15) is 5.11 Å². The topological polar surface area (TPSA) is 29.5 Å². The van der Waals surface area contributed by atoms with Gasteiger partial charge in [0.1, 0.15) is 0 Å². The molecule has 0 spiro atoms. The molecule has 1 aromatic carbocycles. The van der Waals surface area contributed by atoms with Gasteiger partial charge in [0.15, 0.2) is 0 Å². The minimum absolute atomic E-state index is 0.285. The Morgan fingerprint density at radius 1 is 1.39 bits per heavy atom. The van der Waals surface area contributed by atoms with Crippen molar-refractivity contribution in [2.45, 2.75) is 38.9 Å². The Hall–Kier alpha value is -1.12. The van der Waals surface area contributed by atoms with Crippen molar-refractivity contribution in [2.75, 3.05) is 6.61 Å². The molecule has 0 heterocycles. The Morgan fingerprint density at radius 3 is 2.78 bits per heavy atom. The van der Waals surface area contributed by atoms with Crippen LogP contribution < -0.4 is 0 Å². The molecule has 1 aromatic rings. The lowest BCUT2D eigenvalue weighted by Crippen LogP contribution is -2.41. The fraction of sp³-hybridized carbons (Fsp3) is 0.500. The molecule has 1 saturated carbocycles. The van der Waals surface area contributed by atoms with Crippen molar-refractivity contribution in [3.63, 3.8) is 0 Å². The van der Waals surface area contributed by atoms with Gasteiger partial charge in [-0.1, -0.05) is 49.4 Å². The van der Waals surface area contributed by atoms with Crippen molar-refractivity contribution in [1.29, 1.82) is 0 Å². The Balaban J connectivity index is 1.90. The third kappa shape index (κ3) is 2.82. The Bertz CT molecular complexity index is 399. The Kier molecular flexibility index (Phi) is 4.20. The Labute approximate surface area is 109 Å². The van der Waals surface area contributed by atoms with Crippen LogP contribution in [0, 0.1) is 5.41 Å². The summed E-state index contributed by atoms with van der Waals surface area (Å²) in [6, 6.07) is 10.1. The molecule has 2 heteroatoms. The van der Waals surface area contributed by atoms with Crippen LogP contribution in [0.15, 0.2) is 42.5 Å². The van der Waals surface area contributed by atoms with Gasteiger partial charge >= 0.3 is 0 Å². The predicted molar refractivity (Wildman–Crippen MR) is 73.2 cm³/mol. The van der Waals surface area contributed by atoms with Crippen LogP contribution in [0.3, 0.4) is 0 Å². The summed E-state index contributed by atoms with van der Waals surface area (Å²) in [6.45, 7) is 7.30. The maximum atomic E-state index is 10.2. The first kappa shape index (κ1) is 13.3. The van der Waals surface area contributed by atoms with Crippen molar-refractivity contribution in [3.05, 3.63) is 48.0 Å². The molecule has 0 aliphatic heterocycles.